The van der Waals surface area contributed by atoms with Crippen molar-refractivity contribution >= 4 is 30.6 Å². The number of hydrogen-bond donors (Lipinski definition) is 0. The van der Waals surface area contributed by atoms with Gasteiger partial charge in [0.15, 0.2) is 0 Å². The topological polar surface area (TPSA) is 39.1 Å². The number of benzene rings is 1. The van der Waals surface area contributed by atoms with E-state index in [1.54, 1.807) is 16.7 Å². The van der Waals surface area contributed by atoms with Gasteiger partial charge in [-0.2, -0.15) is 0 Å². The summed E-state index contributed by atoms with van der Waals surface area (Å²) >= 11 is 0. The zero-order valence-electron chi connectivity index (χ0n) is 11.7. The van der Waals surface area contributed by atoms with E-state index in [0.717, 1.165) is 6.42 Å². The molecule has 3 nitrogen and oxygen atoms in total. The van der Waals surface area contributed by atoms with Crippen LogP contribution in [0.5, 0.6) is 0 Å². The molecule has 0 unspecified atom stereocenters. The summed E-state index contributed by atoms with van der Waals surface area (Å²) in [6, 6.07) is 4.50. The van der Waals surface area contributed by atoms with E-state index in [9.17, 15) is 12.8 Å². The van der Waals surface area contributed by atoms with Crippen LogP contribution in [-0.4, -0.2) is 13.0 Å². The van der Waals surface area contributed by atoms with Gasteiger partial charge in [-0.15, -0.1) is 0 Å². The summed E-state index contributed by atoms with van der Waals surface area (Å²) in [5.74, 6) is -0.573. The normalized spacial score (nSPS) is 13.1. The number of aryl methyl sites for hydroxylation is 1. The number of nitrogens with zero attached hydrogens (tertiary/aromatic N) is 1. The van der Waals surface area contributed by atoms with E-state index >= 15 is 0 Å². The molecule has 0 N–H and O–H groups in total. The summed E-state index contributed by atoms with van der Waals surface area (Å²) in [6.45, 7) is 6.89. The Morgan fingerprint density at radius 2 is 1.95 bits per heavy atom. The van der Waals surface area contributed by atoms with Crippen molar-refractivity contribution in [3.8, 4) is 0 Å². The highest BCUT2D eigenvalue weighted by Gasteiger charge is 2.22. The second kappa shape index (κ2) is 5.04. The van der Waals surface area contributed by atoms with Crippen LogP contribution in [0.3, 0.4) is 0 Å². The Bertz CT molecular complexity index is 744. The maximum absolute atomic E-state index is 13.9. The molecule has 0 radical (unpaired) electrons. The fraction of sp³-hybridized carbons (Fsp3) is 0.429. The van der Waals surface area contributed by atoms with E-state index in [2.05, 4.69) is 20.8 Å². The lowest BCUT2D eigenvalue weighted by Crippen LogP contribution is -2.09. The van der Waals surface area contributed by atoms with E-state index in [-0.39, 0.29) is 15.7 Å². The van der Waals surface area contributed by atoms with E-state index in [1.165, 1.54) is 12.3 Å². The second-order valence-corrected chi connectivity index (χ2v) is 8.60. The third-order valence-corrected chi connectivity index (χ3v) is 4.52. The predicted octanol–water partition coefficient (Wildman–Crippen LogP) is 4.14. The zero-order valence-corrected chi connectivity index (χ0v) is 13.2. The molecule has 0 amide bonds. The molecule has 2 rings (SSSR count). The first kappa shape index (κ1) is 15.3. The van der Waals surface area contributed by atoms with Crippen LogP contribution in [0.15, 0.2) is 29.3 Å². The van der Waals surface area contributed by atoms with Gasteiger partial charge in [0.1, 0.15) is 10.7 Å². The minimum absolute atomic E-state index is 0.0661. The fourth-order valence-electron chi connectivity index (χ4n) is 2.10. The molecule has 0 atom stereocenters. The summed E-state index contributed by atoms with van der Waals surface area (Å²) in [5.41, 5.74) is 0.651. The average Bonchev–Trinajstić information content (AvgIpc) is 2.65. The number of rotatable bonds is 3. The lowest BCUT2D eigenvalue weighted by molar-refractivity contribution is 0.353. The Hall–Kier alpha value is -1.07. The first-order valence-corrected chi connectivity index (χ1v) is 8.62. The van der Waals surface area contributed by atoms with Crippen LogP contribution >= 0.6 is 10.7 Å². The van der Waals surface area contributed by atoms with Crippen LogP contribution < -0.4 is 0 Å². The lowest BCUT2D eigenvalue weighted by atomic mass is 9.92. The molecule has 0 bridgehead atoms. The van der Waals surface area contributed by atoms with E-state index < -0.39 is 14.9 Å². The Morgan fingerprint density at radius 1 is 1.30 bits per heavy atom. The smallest absolute Gasteiger partial charge is 0.263 e. The summed E-state index contributed by atoms with van der Waals surface area (Å²) in [7, 11) is 1.43. The SMILES string of the molecule is CC(C)(C)CCn1cc(S(=O)(=O)Cl)c2c(F)cccc21. The Labute approximate surface area is 122 Å². The Balaban J connectivity index is 2.60. The molecular formula is C14H17ClFNO2S. The van der Waals surface area contributed by atoms with E-state index in [0.29, 0.717) is 12.1 Å². The quantitative estimate of drug-likeness (QED) is 0.798. The molecule has 1 heterocycles. The molecule has 2 aromatic rings. The van der Waals surface area contributed by atoms with Crippen LogP contribution in [0.1, 0.15) is 27.2 Å². The minimum Gasteiger partial charge on any atom is -0.346 e. The van der Waals surface area contributed by atoms with Gasteiger partial charge in [0.2, 0.25) is 0 Å². The molecule has 0 aliphatic heterocycles. The minimum atomic E-state index is -3.97. The number of hydrogen-bond acceptors (Lipinski definition) is 2. The van der Waals surface area contributed by atoms with Crippen LogP contribution in [0, 0.1) is 11.2 Å². The molecule has 1 aromatic heterocycles. The van der Waals surface area contributed by atoms with Gasteiger partial charge in [-0.25, -0.2) is 12.8 Å². The largest absolute Gasteiger partial charge is 0.346 e. The van der Waals surface area contributed by atoms with Gasteiger partial charge in [0.25, 0.3) is 9.05 Å². The van der Waals surface area contributed by atoms with Gasteiger partial charge in [0.05, 0.1) is 10.9 Å². The number of aromatic nitrogens is 1. The molecule has 0 saturated heterocycles. The second-order valence-electron chi connectivity index (χ2n) is 6.07. The summed E-state index contributed by atoms with van der Waals surface area (Å²) in [5, 5.41) is 0.0661. The maximum Gasteiger partial charge on any atom is 0.263 e. The molecule has 0 fully saturated rings. The number of fused-ring (bicyclic) bond motifs is 1. The van der Waals surface area contributed by atoms with E-state index in [1.807, 2.05) is 0 Å². The van der Waals surface area contributed by atoms with Crippen molar-refractivity contribution in [2.45, 2.75) is 38.6 Å². The van der Waals surface area contributed by atoms with Gasteiger partial charge in [-0.05, 0) is 24.0 Å². The van der Waals surface area contributed by atoms with Crippen molar-refractivity contribution in [1.82, 2.24) is 4.57 Å². The third kappa shape index (κ3) is 3.15. The Morgan fingerprint density at radius 3 is 2.50 bits per heavy atom. The van der Waals surface area contributed by atoms with Crippen molar-refractivity contribution in [3.05, 3.63) is 30.2 Å². The third-order valence-electron chi connectivity index (χ3n) is 3.19. The first-order chi connectivity index (χ1) is 9.09. The van der Waals surface area contributed by atoms with E-state index in [4.69, 9.17) is 10.7 Å². The fourth-order valence-corrected chi connectivity index (χ4v) is 3.15. The molecule has 0 aliphatic rings. The standard InChI is InChI=1S/C14H17ClFNO2S/c1-14(2,3)7-8-17-9-12(20(15,18)19)13-10(16)5-4-6-11(13)17/h4-6,9H,7-8H2,1-3H3. The van der Waals surface area contributed by atoms with Gasteiger partial charge in [0, 0.05) is 23.4 Å². The zero-order chi connectivity index (χ0) is 15.1. The van der Waals surface area contributed by atoms with Crippen LogP contribution in [0.25, 0.3) is 10.9 Å². The summed E-state index contributed by atoms with van der Waals surface area (Å²) < 4.78 is 38.9. The highest BCUT2D eigenvalue weighted by atomic mass is 35.7. The van der Waals surface area contributed by atoms with Crippen LogP contribution in [0.2, 0.25) is 0 Å². The van der Waals surface area contributed by atoms with Crippen molar-refractivity contribution in [2.75, 3.05) is 0 Å². The average molecular weight is 318 g/mol. The van der Waals surface area contributed by atoms with Crippen molar-refractivity contribution < 1.29 is 12.8 Å². The molecular weight excluding hydrogens is 301 g/mol. The van der Waals surface area contributed by atoms with Crippen LogP contribution in [0.4, 0.5) is 4.39 Å². The molecule has 0 aliphatic carbocycles. The van der Waals surface area contributed by atoms with Gasteiger partial charge in [-0.3, -0.25) is 0 Å². The van der Waals surface area contributed by atoms with Gasteiger partial charge >= 0.3 is 0 Å². The molecule has 110 valence electrons. The van der Waals surface area contributed by atoms with Gasteiger partial charge < -0.3 is 4.57 Å². The summed E-state index contributed by atoms with van der Waals surface area (Å²) in [6.07, 6.45) is 2.26. The maximum atomic E-state index is 13.9. The van der Waals surface area contributed by atoms with Gasteiger partial charge in [-0.1, -0.05) is 26.8 Å². The van der Waals surface area contributed by atoms with Crippen molar-refractivity contribution in [3.63, 3.8) is 0 Å². The number of halogens is 2. The monoisotopic (exact) mass is 317 g/mol. The highest BCUT2D eigenvalue weighted by molar-refractivity contribution is 8.14. The summed E-state index contributed by atoms with van der Waals surface area (Å²) in [4.78, 5) is -0.166. The molecule has 0 spiro atoms. The molecule has 6 heteroatoms. The first-order valence-electron chi connectivity index (χ1n) is 6.32. The van der Waals surface area contributed by atoms with Crippen LogP contribution in [-0.2, 0) is 15.6 Å². The Kier molecular flexibility index (Phi) is 3.86. The predicted molar refractivity (Wildman–Crippen MR) is 79.0 cm³/mol. The molecule has 1 aromatic carbocycles. The highest BCUT2D eigenvalue weighted by Crippen LogP contribution is 2.31. The van der Waals surface area contributed by atoms with Crippen molar-refractivity contribution in [2.24, 2.45) is 5.41 Å². The molecule has 0 saturated carbocycles. The lowest BCUT2D eigenvalue weighted by Gasteiger charge is -2.18. The molecule has 20 heavy (non-hydrogen) atoms. The van der Waals surface area contributed by atoms with Crippen molar-refractivity contribution in [1.29, 1.82) is 0 Å².